The molecule has 0 fully saturated rings. The molecule has 0 spiro atoms. The largest absolute Gasteiger partial charge is 0.508 e. The van der Waals surface area contributed by atoms with Crippen molar-refractivity contribution in [2.24, 2.45) is 0 Å². The third-order valence-corrected chi connectivity index (χ3v) is 1.54. The fourth-order valence-corrected chi connectivity index (χ4v) is 0.917. The second-order valence-corrected chi connectivity index (χ2v) is 2.58. The summed E-state index contributed by atoms with van der Waals surface area (Å²) < 4.78 is 17.1. The van der Waals surface area contributed by atoms with Gasteiger partial charge in [0.2, 0.25) is 5.83 Å². The molecule has 0 atom stereocenters. The Balaban J connectivity index is 2.91. The first-order valence-corrected chi connectivity index (χ1v) is 3.88. The van der Waals surface area contributed by atoms with Crippen molar-refractivity contribution in [2.75, 3.05) is 7.11 Å². The van der Waals surface area contributed by atoms with Gasteiger partial charge in [-0.3, -0.25) is 0 Å². The Morgan fingerprint density at radius 1 is 1.57 bits per heavy atom. The molecule has 0 aliphatic rings. The van der Waals surface area contributed by atoms with E-state index in [-0.39, 0.29) is 5.75 Å². The molecule has 0 heterocycles. The van der Waals surface area contributed by atoms with E-state index in [9.17, 15) is 9.18 Å². The van der Waals surface area contributed by atoms with Crippen molar-refractivity contribution in [3.8, 4) is 5.75 Å². The summed E-state index contributed by atoms with van der Waals surface area (Å²) in [7, 11) is 1.10. The summed E-state index contributed by atoms with van der Waals surface area (Å²) in [6, 6.07) is 5.89. The lowest BCUT2D eigenvalue weighted by Gasteiger charge is -1.96. The number of halogens is 1. The molecule has 74 valence electrons. The van der Waals surface area contributed by atoms with Gasteiger partial charge in [0.15, 0.2) is 0 Å². The molecule has 1 aromatic rings. The first kappa shape index (κ1) is 10.2. The van der Waals surface area contributed by atoms with Crippen molar-refractivity contribution in [1.29, 1.82) is 0 Å². The Hall–Kier alpha value is -1.84. The summed E-state index contributed by atoms with van der Waals surface area (Å²) in [6.45, 7) is 0. The topological polar surface area (TPSA) is 46.5 Å². The SMILES string of the molecule is COC(=O)/C(F)=C/c1cccc(O)c1. The van der Waals surface area contributed by atoms with Crippen LogP contribution in [-0.4, -0.2) is 18.2 Å². The van der Waals surface area contributed by atoms with Crippen LogP contribution >= 0.6 is 0 Å². The Labute approximate surface area is 80.4 Å². The van der Waals surface area contributed by atoms with Gasteiger partial charge in [0.05, 0.1) is 7.11 Å². The van der Waals surface area contributed by atoms with Crippen LogP contribution in [0, 0.1) is 0 Å². The number of rotatable bonds is 2. The lowest BCUT2D eigenvalue weighted by molar-refractivity contribution is -0.137. The predicted molar refractivity (Wildman–Crippen MR) is 49.2 cm³/mol. The lowest BCUT2D eigenvalue weighted by Crippen LogP contribution is -1.99. The number of carbonyl (C=O) groups is 1. The maximum Gasteiger partial charge on any atom is 0.366 e. The average molecular weight is 196 g/mol. The Morgan fingerprint density at radius 2 is 2.29 bits per heavy atom. The zero-order valence-corrected chi connectivity index (χ0v) is 7.53. The number of esters is 1. The third kappa shape index (κ3) is 2.58. The van der Waals surface area contributed by atoms with E-state index in [1.54, 1.807) is 12.1 Å². The lowest BCUT2D eigenvalue weighted by atomic mass is 10.2. The first-order valence-electron chi connectivity index (χ1n) is 3.88. The average Bonchev–Trinajstić information content (AvgIpc) is 2.16. The number of hydrogen-bond donors (Lipinski definition) is 1. The van der Waals surface area contributed by atoms with E-state index in [1.807, 2.05) is 0 Å². The van der Waals surface area contributed by atoms with E-state index >= 15 is 0 Å². The molecule has 0 aliphatic heterocycles. The smallest absolute Gasteiger partial charge is 0.366 e. The quantitative estimate of drug-likeness (QED) is 0.580. The van der Waals surface area contributed by atoms with Gasteiger partial charge in [-0.05, 0) is 23.8 Å². The minimum absolute atomic E-state index is 0.0106. The van der Waals surface area contributed by atoms with Gasteiger partial charge in [0.1, 0.15) is 5.75 Å². The molecule has 0 aliphatic carbocycles. The van der Waals surface area contributed by atoms with E-state index in [4.69, 9.17) is 5.11 Å². The van der Waals surface area contributed by atoms with Crippen molar-refractivity contribution in [1.82, 2.24) is 0 Å². The molecule has 1 aromatic carbocycles. The van der Waals surface area contributed by atoms with Crippen molar-refractivity contribution >= 4 is 12.0 Å². The van der Waals surface area contributed by atoms with Crippen molar-refractivity contribution in [3.05, 3.63) is 35.7 Å². The number of aromatic hydroxyl groups is 1. The summed E-state index contributed by atoms with van der Waals surface area (Å²) in [5, 5.41) is 9.05. The zero-order chi connectivity index (χ0) is 10.6. The van der Waals surface area contributed by atoms with Gasteiger partial charge in [-0.15, -0.1) is 0 Å². The second kappa shape index (κ2) is 4.41. The van der Waals surface area contributed by atoms with Crippen LogP contribution in [-0.2, 0) is 9.53 Å². The number of benzene rings is 1. The van der Waals surface area contributed by atoms with Gasteiger partial charge in [-0.1, -0.05) is 12.1 Å². The maximum absolute atomic E-state index is 12.9. The van der Waals surface area contributed by atoms with Crippen LogP contribution in [0.5, 0.6) is 5.75 Å². The van der Waals surface area contributed by atoms with Crippen molar-refractivity contribution < 1.29 is 19.0 Å². The Morgan fingerprint density at radius 3 is 2.86 bits per heavy atom. The molecule has 0 bridgehead atoms. The van der Waals surface area contributed by atoms with Crippen LogP contribution in [0.4, 0.5) is 4.39 Å². The highest BCUT2D eigenvalue weighted by Gasteiger charge is 2.07. The molecule has 0 saturated carbocycles. The van der Waals surface area contributed by atoms with Gasteiger partial charge in [-0.2, -0.15) is 4.39 Å². The molecular weight excluding hydrogens is 187 g/mol. The standard InChI is InChI=1S/C10H9FO3/c1-14-10(13)9(11)6-7-3-2-4-8(12)5-7/h2-6,12H,1H3/b9-6-. The molecule has 0 aromatic heterocycles. The Kier molecular flexibility index (Phi) is 3.23. The molecule has 14 heavy (non-hydrogen) atoms. The minimum atomic E-state index is -1.03. The first-order chi connectivity index (χ1) is 6.63. The summed E-state index contributed by atoms with van der Waals surface area (Å²) in [5.74, 6) is -2.03. The maximum atomic E-state index is 12.9. The summed E-state index contributed by atoms with van der Waals surface area (Å²) in [4.78, 5) is 10.7. The normalized spacial score (nSPS) is 11.1. The van der Waals surface area contributed by atoms with Crippen LogP contribution < -0.4 is 0 Å². The number of methoxy groups -OCH3 is 1. The number of ether oxygens (including phenoxy) is 1. The van der Waals surface area contributed by atoms with Gasteiger partial charge in [0, 0.05) is 0 Å². The molecule has 0 unspecified atom stereocenters. The van der Waals surface area contributed by atoms with Crippen molar-refractivity contribution in [3.63, 3.8) is 0 Å². The van der Waals surface area contributed by atoms with Gasteiger partial charge < -0.3 is 9.84 Å². The van der Waals surface area contributed by atoms with Crippen LogP contribution in [0.25, 0.3) is 6.08 Å². The van der Waals surface area contributed by atoms with Gasteiger partial charge in [-0.25, -0.2) is 4.79 Å². The fraction of sp³-hybridized carbons (Fsp3) is 0.100. The molecule has 0 amide bonds. The van der Waals surface area contributed by atoms with E-state index in [0.717, 1.165) is 13.2 Å². The highest BCUT2D eigenvalue weighted by Crippen LogP contribution is 2.14. The second-order valence-electron chi connectivity index (χ2n) is 2.58. The highest BCUT2D eigenvalue weighted by atomic mass is 19.1. The molecule has 0 radical (unpaired) electrons. The molecular formula is C10H9FO3. The van der Waals surface area contributed by atoms with E-state index in [0.29, 0.717) is 5.56 Å². The van der Waals surface area contributed by atoms with Gasteiger partial charge in [0.25, 0.3) is 0 Å². The van der Waals surface area contributed by atoms with E-state index in [2.05, 4.69) is 4.74 Å². The van der Waals surface area contributed by atoms with Crippen LogP contribution in [0.15, 0.2) is 30.1 Å². The number of phenolic OH excluding ortho intramolecular Hbond substituents is 1. The van der Waals surface area contributed by atoms with Crippen LogP contribution in [0.1, 0.15) is 5.56 Å². The minimum Gasteiger partial charge on any atom is -0.508 e. The molecule has 4 heteroatoms. The molecule has 1 rings (SSSR count). The molecule has 0 saturated heterocycles. The third-order valence-electron chi connectivity index (χ3n) is 1.54. The van der Waals surface area contributed by atoms with E-state index in [1.165, 1.54) is 12.1 Å². The predicted octanol–water partition coefficient (Wildman–Crippen LogP) is 1.88. The number of phenols is 1. The summed E-state index contributed by atoms with van der Waals surface area (Å²) >= 11 is 0. The molecule has 3 nitrogen and oxygen atoms in total. The van der Waals surface area contributed by atoms with Gasteiger partial charge >= 0.3 is 5.97 Å². The number of hydrogen-bond acceptors (Lipinski definition) is 3. The van der Waals surface area contributed by atoms with Crippen LogP contribution in [0.2, 0.25) is 0 Å². The van der Waals surface area contributed by atoms with E-state index < -0.39 is 11.8 Å². The molecule has 1 N–H and O–H groups in total. The zero-order valence-electron chi connectivity index (χ0n) is 7.53. The van der Waals surface area contributed by atoms with Crippen LogP contribution in [0.3, 0.4) is 0 Å². The monoisotopic (exact) mass is 196 g/mol. The summed E-state index contributed by atoms with van der Waals surface area (Å²) in [6.07, 6.45) is 0.992. The van der Waals surface area contributed by atoms with Crippen molar-refractivity contribution in [2.45, 2.75) is 0 Å². The Bertz CT molecular complexity index is 371. The number of carbonyl (C=O) groups excluding carboxylic acids is 1. The summed E-state index contributed by atoms with van der Waals surface area (Å²) in [5.41, 5.74) is 0.396. The fourth-order valence-electron chi connectivity index (χ4n) is 0.917. The highest BCUT2D eigenvalue weighted by molar-refractivity contribution is 5.91.